The number of nitrogens with zero attached hydrogens (tertiary/aromatic N) is 3. The number of carbonyl (C=O) groups is 1. The van der Waals surface area contributed by atoms with Gasteiger partial charge >= 0.3 is 0 Å². The molecule has 3 aromatic rings. The number of hydrogen-bond donors (Lipinski definition) is 1. The van der Waals surface area contributed by atoms with Crippen molar-refractivity contribution < 1.29 is 4.79 Å². The van der Waals surface area contributed by atoms with Gasteiger partial charge in [-0.25, -0.2) is 0 Å². The molecule has 3 aromatic heterocycles. The minimum atomic E-state index is -0.151. The SMILES string of the molecule is Cn1nc(CNC(=O)c2ccc(Cl)s2)cc1-c1ccccn1. The Labute approximate surface area is 136 Å². The summed E-state index contributed by atoms with van der Waals surface area (Å²) in [5.41, 5.74) is 2.53. The largest absolute Gasteiger partial charge is 0.346 e. The lowest BCUT2D eigenvalue weighted by molar-refractivity contribution is 0.0954. The molecule has 0 bridgehead atoms. The highest BCUT2D eigenvalue weighted by Gasteiger charge is 2.11. The van der Waals surface area contributed by atoms with Gasteiger partial charge in [0.2, 0.25) is 0 Å². The molecule has 0 atom stereocenters. The molecule has 0 aliphatic rings. The summed E-state index contributed by atoms with van der Waals surface area (Å²) in [6, 6.07) is 11.1. The molecule has 0 radical (unpaired) electrons. The molecule has 0 saturated carbocycles. The molecular formula is C15H13ClN4OS. The fraction of sp³-hybridized carbons (Fsp3) is 0.133. The van der Waals surface area contributed by atoms with E-state index in [0.717, 1.165) is 17.1 Å². The number of halogens is 1. The van der Waals surface area contributed by atoms with Gasteiger partial charge in [-0.1, -0.05) is 17.7 Å². The van der Waals surface area contributed by atoms with Gasteiger partial charge in [0, 0.05) is 13.2 Å². The number of nitrogens with one attached hydrogen (secondary N) is 1. The third-order valence-corrected chi connectivity index (χ3v) is 4.31. The molecule has 112 valence electrons. The minimum absolute atomic E-state index is 0.151. The Hall–Kier alpha value is -2.18. The van der Waals surface area contributed by atoms with Crippen molar-refractivity contribution in [3.05, 3.63) is 57.5 Å². The summed E-state index contributed by atoms with van der Waals surface area (Å²) in [7, 11) is 1.86. The molecule has 22 heavy (non-hydrogen) atoms. The van der Waals surface area contributed by atoms with Crippen LogP contribution in [0.3, 0.4) is 0 Å². The highest BCUT2D eigenvalue weighted by atomic mass is 35.5. The lowest BCUT2D eigenvalue weighted by atomic mass is 10.2. The molecule has 0 fully saturated rings. The van der Waals surface area contributed by atoms with Crippen LogP contribution in [0.1, 0.15) is 15.4 Å². The average Bonchev–Trinajstić information content (AvgIpc) is 3.12. The molecule has 0 spiro atoms. The van der Waals surface area contributed by atoms with Crippen LogP contribution >= 0.6 is 22.9 Å². The van der Waals surface area contributed by atoms with E-state index in [2.05, 4.69) is 15.4 Å². The molecule has 3 heterocycles. The van der Waals surface area contributed by atoms with Gasteiger partial charge in [0.1, 0.15) is 0 Å². The van der Waals surface area contributed by atoms with Crippen molar-refractivity contribution in [3.8, 4) is 11.4 Å². The van der Waals surface area contributed by atoms with Crippen molar-refractivity contribution in [2.45, 2.75) is 6.54 Å². The van der Waals surface area contributed by atoms with Gasteiger partial charge in [0.15, 0.2) is 0 Å². The smallest absolute Gasteiger partial charge is 0.261 e. The van der Waals surface area contributed by atoms with Gasteiger partial charge in [-0.2, -0.15) is 5.10 Å². The topological polar surface area (TPSA) is 59.8 Å². The Morgan fingerprint density at radius 1 is 1.36 bits per heavy atom. The first-order chi connectivity index (χ1) is 10.6. The van der Waals surface area contributed by atoms with Crippen molar-refractivity contribution in [2.24, 2.45) is 7.05 Å². The maximum atomic E-state index is 12.0. The monoisotopic (exact) mass is 332 g/mol. The lowest BCUT2D eigenvalue weighted by Crippen LogP contribution is -2.22. The van der Waals surface area contributed by atoms with Crippen LogP contribution in [0, 0.1) is 0 Å². The summed E-state index contributed by atoms with van der Waals surface area (Å²) in [6.07, 6.45) is 1.74. The first kappa shape index (κ1) is 14.7. The van der Waals surface area contributed by atoms with Crippen LogP contribution in [-0.4, -0.2) is 20.7 Å². The Morgan fingerprint density at radius 2 is 2.23 bits per heavy atom. The highest BCUT2D eigenvalue weighted by molar-refractivity contribution is 7.17. The van der Waals surface area contributed by atoms with E-state index in [0.29, 0.717) is 15.8 Å². The summed E-state index contributed by atoms with van der Waals surface area (Å²) in [6.45, 7) is 0.356. The van der Waals surface area contributed by atoms with E-state index in [1.165, 1.54) is 11.3 Å². The normalized spacial score (nSPS) is 10.6. The zero-order valence-corrected chi connectivity index (χ0v) is 13.4. The second-order valence-corrected chi connectivity index (χ2v) is 6.36. The Balaban J connectivity index is 1.70. The van der Waals surface area contributed by atoms with E-state index in [1.807, 2.05) is 31.3 Å². The molecule has 0 saturated heterocycles. The fourth-order valence-electron chi connectivity index (χ4n) is 2.06. The van der Waals surface area contributed by atoms with Gasteiger partial charge in [-0.15, -0.1) is 11.3 Å². The van der Waals surface area contributed by atoms with Crippen LogP contribution in [0.4, 0.5) is 0 Å². The second-order valence-electron chi connectivity index (χ2n) is 4.65. The zero-order valence-electron chi connectivity index (χ0n) is 11.8. The first-order valence-electron chi connectivity index (χ1n) is 6.61. The number of amides is 1. The van der Waals surface area contributed by atoms with E-state index < -0.39 is 0 Å². The van der Waals surface area contributed by atoms with Gasteiger partial charge in [-0.3, -0.25) is 14.5 Å². The predicted molar refractivity (Wildman–Crippen MR) is 86.9 cm³/mol. The zero-order chi connectivity index (χ0) is 15.5. The Morgan fingerprint density at radius 3 is 2.91 bits per heavy atom. The van der Waals surface area contributed by atoms with E-state index in [-0.39, 0.29) is 5.91 Å². The van der Waals surface area contributed by atoms with Crippen molar-refractivity contribution in [1.29, 1.82) is 0 Å². The Bertz CT molecular complexity index is 797. The van der Waals surface area contributed by atoms with Crippen LogP contribution in [0.15, 0.2) is 42.6 Å². The number of pyridine rings is 1. The van der Waals surface area contributed by atoms with Crippen molar-refractivity contribution in [3.63, 3.8) is 0 Å². The molecule has 0 unspecified atom stereocenters. The fourth-order valence-corrected chi connectivity index (χ4v) is 3.02. The maximum absolute atomic E-state index is 12.0. The average molecular weight is 333 g/mol. The molecule has 7 heteroatoms. The lowest BCUT2D eigenvalue weighted by Gasteiger charge is -1.99. The van der Waals surface area contributed by atoms with Crippen LogP contribution in [0.5, 0.6) is 0 Å². The summed E-state index contributed by atoms with van der Waals surface area (Å²) < 4.78 is 2.35. The number of aryl methyl sites for hydroxylation is 1. The minimum Gasteiger partial charge on any atom is -0.346 e. The third kappa shape index (κ3) is 3.18. The summed E-state index contributed by atoms with van der Waals surface area (Å²) in [4.78, 5) is 16.9. The number of carbonyl (C=O) groups excluding carboxylic acids is 1. The van der Waals surface area contributed by atoms with Crippen LogP contribution < -0.4 is 5.32 Å². The van der Waals surface area contributed by atoms with E-state index >= 15 is 0 Å². The van der Waals surface area contributed by atoms with Gasteiger partial charge < -0.3 is 5.32 Å². The van der Waals surface area contributed by atoms with Crippen molar-refractivity contribution in [2.75, 3.05) is 0 Å². The standard InChI is InChI=1S/C15H13ClN4OS/c1-20-12(11-4-2-3-7-17-11)8-10(19-20)9-18-15(21)13-5-6-14(16)22-13/h2-8H,9H2,1H3,(H,18,21). The third-order valence-electron chi connectivity index (χ3n) is 3.08. The predicted octanol–water partition coefficient (Wildman–Crippen LogP) is 3.13. The molecule has 0 aliphatic heterocycles. The van der Waals surface area contributed by atoms with E-state index in [9.17, 15) is 4.79 Å². The highest BCUT2D eigenvalue weighted by Crippen LogP contribution is 2.21. The Kier molecular flexibility index (Phi) is 4.22. The van der Waals surface area contributed by atoms with Crippen LogP contribution in [0.25, 0.3) is 11.4 Å². The number of aromatic nitrogens is 3. The summed E-state index contributed by atoms with van der Waals surface area (Å²) in [5.74, 6) is -0.151. The molecule has 1 N–H and O–H groups in total. The van der Waals surface area contributed by atoms with Crippen LogP contribution in [-0.2, 0) is 13.6 Å². The van der Waals surface area contributed by atoms with Gasteiger partial charge in [0.05, 0.1) is 32.8 Å². The molecule has 3 rings (SSSR count). The van der Waals surface area contributed by atoms with Crippen molar-refractivity contribution in [1.82, 2.24) is 20.1 Å². The van der Waals surface area contributed by atoms with Gasteiger partial charge in [0.25, 0.3) is 5.91 Å². The number of thiophene rings is 1. The number of rotatable bonds is 4. The molecule has 5 nitrogen and oxygen atoms in total. The molecule has 0 aromatic carbocycles. The maximum Gasteiger partial charge on any atom is 0.261 e. The second kappa shape index (κ2) is 6.29. The quantitative estimate of drug-likeness (QED) is 0.798. The molecule has 1 amide bonds. The van der Waals surface area contributed by atoms with Crippen LogP contribution in [0.2, 0.25) is 4.34 Å². The number of hydrogen-bond acceptors (Lipinski definition) is 4. The molecular weight excluding hydrogens is 320 g/mol. The molecule has 0 aliphatic carbocycles. The summed E-state index contributed by atoms with van der Waals surface area (Å²) >= 11 is 7.08. The first-order valence-corrected chi connectivity index (χ1v) is 7.81. The van der Waals surface area contributed by atoms with E-state index in [4.69, 9.17) is 11.6 Å². The van der Waals surface area contributed by atoms with Gasteiger partial charge in [-0.05, 0) is 30.3 Å². The van der Waals surface area contributed by atoms with E-state index in [1.54, 1.807) is 23.0 Å². The van der Waals surface area contributed by atoms with Crippen molar-refractivity contribution >= 4 is 28.8 Å². The summed E-state index contributed by atoms with van der Waals surface area (Å²) in [5, 5.41) is 7.23.